The summed E-state index contributed by atoms with van der Waals surface area (Å²) in [5.41, 5.74) is 5.56. The van der Waals surface area contributed by atoms with Gasteiger partial charge in [0.25, 0.3) is 5.56 Å². The molecule has 34 heavy (non-hydrogen) atoms. The van der Waals surface area contributed by atoms with E-state index in [2.05, 4.69) is 16.4 Å². The summed E-state index contributed by atoms with van der Waals surface area (Å²) in [5, 5.41) is 4.85. The fourth-order valence-electron chi connectivity index (χ4n) is 3.99. The van der Waals surface area contributed by atoms with Crippen LogP contribution in [0, 0.1) is 13.8 Å². The highest BCUT2D eigenvalue weighted by molar-refractivity contribution is 7.80. The number of ether oxygens (including phenoxy) is 2. The monoisotopic (exact) mass is 471 g/mol. The molecule has 0 spiro atoms. The lowest BCUT2D eigenvalue weighted by Gasteiger charge is -2.26. The topological polar surface area (TPSA) is 66.6 Å². The third kappa shape index (κ3) is 4.75. The lowest BCUT2D eigenvalue weighted by atomic mass is 10.1. The molecule has 6 nitrogen and oxygen atoms in total. The Morgan fingerprint density at radius 1 is 0.941 bits per heavy atom. The molecule has 0 radical (unpaired) electrons. The lowest BCUT2D eigenvalue weighted by Crippen LogP contribution is -2.35. The fraction of sp³-hybridized carbons (Fsp3) is 0.185. The summed E-state index contributed by atoms with van der Waals surface area (Å²) in [7, 11) is 0. The number of H-pyrrole nitrogens is 1. The summed E-state index contributed by atoms with van der Waals surface area (Å²) in [4.78, 5) is 17.9. The van der Waals surface area contributed by atoms with Crippen LogP contribution in [0.3, 0.4) is 0 Å². The highest BCUT2D eigenvalue weighted by Gasteiger charge is 2.18. The van der Waals surface area contributed by atoms with E-state index < -0.39 is 0 Å². The van der Waals surface area contributed by atoms with Crippen LogP contribution in [0.15, 0.2) is 71.5 Å². The number of thiocarbonyl (C=S) groups is 1. The van der Waals surface area contributed by atoms with Gasteiger partial charge in [-0.15, -0.1) is 0 Å². The van der Waals surface area contributed by atoms with Gasteiger partial charge in [0.15, 0.2) is 16.6 Å². The van der Waals surface area contributed by atoms with Gasteiger partial charge in [0, 0.05) is 23.3 Å². The number of hydrogen-bond acceptors (Lipinski definition) is 4. The number of hydrogen-bond donors (Lipinski definition) is 2. The maximum absolute atomic E-state index is 12.9. The van der Waals surface area contributed by atoms with Crippen LogP contribution in [-0.2, 0) is 13.1 Å². The number of aromatic amines is 1. The number of anilines is 1. The summed E-state index contributed by atoms with van der Waals surface area (Å²) in [6.45, 7) is 5.16. The van der Waals surface area contributed by atoms with Crippen LogP contribution in [-0.4, -0.2) is 21.8 Å². The van der Waals surface area contributed by atoms with E-state index in [9.17, 15) is 4.79 Å². The number of aryl methyl sites for hydroxylation is 2. The smallest absolute Gasteiger partial charge is 0.253 e. The molecule has 1 aliphatic rings. The zero-order valence-corrected chi connectivity index (χ0v) is 19.9. The van der Waals surface area contributed by atoms with Gasteiger partial charge in [0.2, 0.25) is 6.79 Å². The molecule has 0 aliphatic carbocycles. The first-order valence-corrected chi connectivity index (χ1v) is 11.5. The Labute approximate surface area is 203 Å². The highest BCUT2D eigenvalue weighted by atomic mass is 32.1. The Hall–Kier alpha value is -3.84. The van der Waals surface area contributed by atoms with E-state index in [1.165, 1.54) is 5.56 Å². The molecule has 2 N–H and O–H groups in total. The van der Waals surface area contributed by atoms with Gasteiger partial charge in [-0.25, -0.2) is 0 Å². The zero-order chi connectivity index (χ0) is 23.7. The first-order valence-electron chi connectivity index (χ1n) is 11.1. The average Bonchev–Trinajstić information content (AvgIpc) is 3.29. The Bertz CT molecular complexity index is 1430. The van der Waals surface area contributed by atoms with Crippen molar-refractivity contribution >= 4 is 33.9 Å². The van der Waals surface area contributed by atoms with E-state index in [4.69, 9.17) is 21.7 Å². The third-order valence-electron chi connectivity index (χ3n) is 5.84. The summed E-state index contributed by atoms with van der Waals surface area (Å²) >= 11 is 5.79. The van der Waals surface area contributed by atoms with Gasteiger partial charge in [0.1, 0.15) is 0 Å². The van der Waals surface area contributed by atoms with Crippen LogP contribution in [0.5, 0.6) is 11.5 Å². The average molecular weight is 472 g/mol. The van der Waals surface area contributed by atoms with Crippen LogP contribution in [0.4, 0.5) is 5.69 Å². The molecule has 0 bridgehead atoms. The number of aromatic nitrogens is 1. The van der Waals surface area contributed by atoms with E-state index in [0.717, 1.165) is 33.5 Å². The normalized spacial score (nSPS) is 12.1. The summed E-state index contributed by atoms with van der Waals surface area (Å²) in [6.07, 6.45) is 0. The second kappa shape index (κ2) is 9.19. The number of nitrogens with one attached hydrogen (secondary N) is 2. The van der Waals surface area contributed by atoms with Crippen molar-refractivity contribution in [3.05, 3.63) is 99.3 Å². The molecule has 3 aromatic carbocycles. The van der Waals surface area contributed by atoms with E-state index in [0.29, 0.717) is 29.5 Å². The first kappa shape index (κ1) is 22.0. The predicted octanol–water partition coefficient (Wildman–Crippen LogP) is 5.27. The Kier molecular flexibility index (Phi) is 5.94. The number of nitrogens with zero attached hydrogens (tertiary/aromatic N) is 1. The molecule has 7 heteroatoms. The van der Waals surface area contributed by atoms with Crippen molar-refractivity contribution in [2.45, 2.75) is 26.9 Å². The summed E-state index contributed by atoms with van der Waals surface area (Å²) in [5.74, 6) is 1.45. The van der Waals surface area contributed by atoms with Crippen molar-refractivity contribution in [2.75, 3.05) is 12.1 Å². The Morgan fingerprint density at radius 2 is 1.71 bits per heavy atom. The molecule has 0 unspecified atom stereocenters. The minimum absolute atomic E-state index is 0.120. The van der Waals surface area contributed by atoms with Crippen molar-refractivity contribution < 1.29 is 9.47 Å². The first-order chi connectivity index (χ1) is 16.4. The number of rotatable bonds is 5. The zero-order valence-electron chi connectivity index (χ0n) is 19.1. The van der Waals surface area contributed by atoms with Gasteiger partial charge in [-0.3, -0.25) is 4.79 Å². The molecule has 0 atom stereocenters. The molecule has 1 aromatic heterocycles. The standard InChI is InChI=1S/C27H25N3O3S/c1-17-3-7-22(8-4-17)28-27(34)30(14-19-6-10-24-25(12-19)33-16-32-24)15-21-13-20-11-18(2)5-9-23(20)29-26(21)31/h3-13H,14-16H2,1-2H3,(H,28,34)(H,29,31). The molecule has 0 fully saturated rings. The molecule has 4 aromatic rings. The van der Waals surface area contributed by atoms with Gasteiger partial charge >= 0.3 is 0 Å². The van der Waals surface area contributed by atoms with Crippen LogP contribution in [0.25, 0.3) is 10.9 Å². The van der Waals surface area contributed by atoms with Gasteiger partial charge in [-0.05, 0) is 79.5 Å². The maximum Gasteiger partial charge on any atom is 0.253 e. The molecule has 0 saturated carbocycles. The molecule has 0 amide bonds. The second-order valence-electron chi connectivity index (χ2n) is 8.55. The van der Waals surface area contributed by atoms with Crippen molar-refractivity contribution in [1.82, 2.24) is 9.88 Å². The van der Waals surface area contributed by atoms with Crippen molar-refractivity contribution in [2.24, 2.45) is 0 Å². The minimum atomic E-state index is -0.120. The van der Waals surface area contributed by atoms with Crippen molar-refractivity contribution in [3.63, 3.8) is 0 Å². The van der Waals surface area contributed by atoms with Crippen LogP contribution in [0.2, 0.25) is 0 Å². The number of fused-ring (bicyclic) bond motifs is 2. The molecule has 1 aliphatic heterocycles. The molecule has 172 valence electrons. The summed E-state index contributed by atoms with van der Waals surface area (Å²) < 4.78 is 11.0. The van der Waals surface area contributed by atoms with Gasteiger partial charge < -0.3 is 24.7 Å². The number of benzene rings is 3. The Balaban J connectivity index is 1.46. The van der Waals surface area contributed by atoms with Crippen molar-refractivity contribution in [1.29, 1.82) is 0 Å². The minimum Gasteiger partial charge on any atom is -0.454 e. The highest BCUT2D eigenvalue weighted by Crippen LogP contribution is 2.33. The molecule has 2 heterocycles. The summed E-state index contributed by atoms with van der Waals surface area (Å²) in [6, 6.07) is 21.8. The van der Waals surface area contributed by atoms with Crippen LogP contribution in [0.1, 0.15) is 22.3 Å². The third-order valence-corrected chi connectivity index (χ3v) is 6.20. The quantitative estimate of drug-likeness (QED) is 0.387. The molecule has 0 saturated heterocycles. The SMILES string of the molecule is Cc1ccc(NC(=S)N(Cc2ccc3c(c2)OCO3)Cc2cc3cc(C)ccc3[nH]c2=O)cc1. The van der Waals surface area contributed by atoms with E-state index in [-0.39, 0.29) is 12.4 Å². The van der Waals surface area contributed by atoms with Crippen LogP contribution < -0.4 is 20.3 Å². The van der Waals surface area contributed by atoms with Crippen molar-refractivity contribution in [3.8, 4) is 11.5 Å². The van der Waals surface area contributed by atoms with Gasteiger partial charge in [-0.2, -0.15) is 0 Å². The lowest BCUT2D eigenvalue weighted by molar-refractivity contribution is 0.174. The second-order valence-corrected chi connectivity index (χ2v) is 8.94. The van der Waals surface area contributed by atoms with Gasteiger partial charge in [-0.1, -0.05) is 35.4 Å². The van der Waals surface area contributed by atoms with E-state index in [1.807, 2.05) is 79.4 Å². The molecular formula is C27H25N3O3S. The maximum atomic E-state index is 12.9. The predicted molar refractivity (Wildman–Crippen MR) is 139 cm³/mol. The Morgan fingerprint density at radius 3 is 2.53 bits per heavy atom. The fourth-order valence-corrected chi connectivity index (χ4v) is 4.24. The van der Waals surface area contributed by atoms with E-state index >= 15 is 0 Å². The molecule has 5 rings (SSSR count). The molecular weight excluding hydrogens is 446 g/mol. The largest absolute Gasteiger partial charge is 0.454 e. The number of pyridine rings is 1. The van der Waals surface area contributed by atoms with Gasteiger partial charge in [0.05, 0.1) is 6.54 Å². The van der Waals surface area contributed by atoms with E-state index in [1.54, 1.807) is 0 Å². The van der Waals surface area contributed by atoms with Crippen LogP contribution >= 0.6 is 12.2 Å².